The van der Waals surface area contributed by atoms with Crippen LogP contribution >= 0.6 is 0 Å². The van der Waals surface area contributed by atoms with Crippen molar-refractivity contribution in [2.24, 2.45) is 0 Å². The van der Waals surface area contributed by atoms with Crippen molar-refractivity contribution in [3.63, 3.8) is 0 Å². The molecule has 0 bridgehead atoms. The fourth-order valence-electron chi connectivity index (χ4n) is 4.83. The molecular weight excluding hydrogens is 410 g/mol. The van der Waals surface area contributed by atoms with Gasteiger partial charge in [0.15, 0.2) is 5.03 Å². The Morgan fingerprint density at radius 3 is 2.42 bits per heavy atom. The first-order chi connectivity index (χ1) is 15.0. The quantitative estimate of drug-likeness (QED) is 0.674. The summed E-state index contributed by atoms with van der Waals surface area (Å²) >= 11 is 0. The Balaban J connectivity index is 1.41. The molecule has 0 N–H and O–H groups in total. The summed E-state index contributed by atoms with van der Waals surface area (Å²) in [5.41, 5.74) is 1.05. The molecule has 2 heterocycles. The minimum Gasteiger partial charge on any atom is -0.497 e. The predicted molar refractivity (Wildman–Crippen MR) is 121 cm³/mol. The molecule has 0 spiro atoms. The molecule has 1 saturated carbocycles. The molecule has 0 amide bonds. The van der Waals surface area contributed by atoms with Crippen molar-refractivity contribution in [3.8, 4) is 5.75 Å². The number of piperazine rings is 1. The lowest BCUT2D eigenvalue weighted by Crippen LogP contribution is -2.51. The average molecular weight is 444 g/mol. The molecule has 1 aromatic carbocycles. The largest absolute Gasteiger partial charge is 0.497 e. The van der Waals surface area contributed by atoms with E-state index in [1.807, 2.05) is 6.07 Å². The summed E-state index contributed by atoms with van der Waals surface area (Å²) < 4.78 is 31.0. The Morgan fingerprint density at radius 1 is 1.03 bits per heavy atom. The Morgan fingerprint density at radius 2 is 1.77 bits per heavy atom. The van der Waals surface area contributed by atoms with E-state index in [1.165, 1.54) is 45.3 Å². The molecule has 1 atom stereocenters. The lowest BCUT2D eigenvalue weighted by molar-refractivity contribution is 0.0602. The molecule has 7 heteroatoms. The molecule has 4 rings (SSSR count). The van der Waals surface area contributed by atoms with Gasteiger partial charge >= 0.3 is 0 Å². The topological polar surface area (TPSA) is 62.7 Å². The zero-order chi connectivity index (χ0) is 21.8. The lowest BCUT2D eigenvalue weighted by atomic mass is 9.93. The Bertz CT molecular complexity index is 964. The molecule has 1 aliphatic carbocycles. The van der Waals surface area contributed by atoms with Gasteiger partial charge in [0.25, 0.3) is 0 Å². The summed E-state index contributed by atoms with van der Waals surface area (Å²) in [4.78, 5) is 9.66. The zero-order valence-electron chi connectivity index (χ0n) is 18.5. The first-order valence-electron chi connectivity index (χ1n) is 11.3. The van der Waals surface area contributed by atoms with Crippen LogP contribution in [0.5, 0.6) is 5.75 Å². The van der Waals surface area contributed by atoms with Crippen molar-refractivity contribution in [2.75, 3.05) is 33.3 Å². The van der Waals surface area contributed by atoms with Crippen molar-refractivity contribution in [1.29, 1.82) is 0 Å². The molecule has 1 aliphatic heterocycles. The minimum atomic E-state index is -3.67. The highest BCUT2D eigenvalue weighted by molar-refractivity contribution is 7.91. The molecule has 6 nitrogen and oxygen atoms in total. The Kier molecular flexibility index (Phi) is 6.94. The van der Waals surface area contributed by atoms with Crippen LogP contribution in [0, 0.1) is 0 Å². The van der Waals surface area contributed by atoms with E-state index in [4.69, 9.17) is 4.74 Å². The fourth-order valence-corrected chi connectivity index (χ4v) is 6.04. The molecule has 0 radical (unpaired) electrons. The van der Waals surface area contributed by atoms with Crippen molar-refractivity contribution in [2.45, 2.75) is 61.0 Å². The number of methoxy groups -OCH3 is 1. The van der Waals surface area contributed by atoms with Crippen molar-refractivity contribution < 1.29 is 13.2 Å². The van der Waals surface area contributed by atoms with Crippen molar-refractivity contribution in [3.05, 3.63) is 48.2 Å². The van der Waals surface area contributed by atoms with Gasteiger partial charge in [0.1, 0.15) is 5.75 Å². The molecule has 168 valence electrons. The normalized spacial score (nSPS) is 20.5. The fraction of sp³-hybridized carbons (Fsp3) is 0.542. The van der Waals surface area contributed by atoms with Crippen LogP contribution < -0.4 is 4.74 Å². The zero-order valence-corrected chi connectivity index (χ0v) is 19.4. The monoisotopic (exact) mass is 443 g/mol. The third-order valence-corrected chi connectivity index (χ3v) is 8.52. The third-order valence-electron chi connectivity index (χ3n) is 6.86. The van der Waals surface area contributed by atoms with Gasteiger partial charge in [-0.05, 0) is 49.6 Å². The summed E-state index contributed by atoms with van der Waals surface area (Å²) in [6.07, 6.45) is 8.55. The maximum atomic E-state index is 12.9. The van der Waals surface area contributed by atoms with Gasteiger partial charge in [-0.25, -0.2) is 13.4 Å². The number of hydrogen-bond acceptors (Lipinski definition) is 6. The van der Waals surface area contributed by atoms with Crippen LogP contribution in [0.1, 0.15) is 50.6 Å². The number of nitrogens with zero attached hydrogens (tertiary/aromatic N) is 3. The van der Waals surface area contributed by atoms with Gasteiger partial charge in [-0.3, -0.25) is 9.80 Å². The first-order valence-corrected chi connectivity index (χ1v) is 12.8. The second-order valence-corrected chi connectivity index (χ2v) is 10.5. The van der Waals surface area contributed by atoms with E-state index in [9.17, 15) is 8.42 Å². The molecule has 31 heavy (non-hydrogen) atoms. The van der Waals surface area contributed by atoms with Gasteiger partial charge in [0.05, 0.1) is 12.0 Å². The second-order valence-electron chi connectivity index (χ2n) is 8.65. The van der Waals surface area contributed by atoms with Gasteiger partial charge in [0.2, 0.25) is 9.84 Å². The highest BCUT2D eigenvalue weighted by Crippen LogP contribution is 2.28. The number of aromatic nitrogens is 1. The third kappa shape index (κ3) is 4.94. The molecular formula is C24H33N3O3S. The second kappa shape index (κ2) is 9.67. The van der Waals surface area contributed by atoms with Crippen molar-refractivity contribution in [1.82, 2.24) is 14.8 Å². The lowest BCUT2D eigenvalue weighted by Gasteiger charge is -2.42. The summed E-state index contributed by atoms with van der Waals surface area (Å²) in [5.74, 6) is 0.513. The predicted octanol–water partition coefficient (Wildman–Crippen LogP) is 3.93. The minimum absolute atomic E-state index is 0.0684. The van der Waals surface area contributed by atoms with Crippen LogP contribution in [0.4, 0.5) is 0 Å². The van der Waals surface area contributed by atoms with E-state index in [-0.39, 0.29) is 16.0 Å². The summed E-state index contributed by atoms with van der Waals surface area (Å²) in [5, 5.41) is 0.0684. The van der Waals surface area contributed by atoms with Crippen LogP contribution in [0.2, 0.25) is 0 Å². The van der Waals surface area contributed by atoms with Crippen LogP contribution in [-0.4, -0.2) is 62.5 Å². The van der Waals surface area contributed by atoms with Gasteiger partial charge in [-0.2, -0.15) is 0 Å². The summed E-state index contributed by atoms with van der Waals surface area (Å²) in [6, 6.07) is 11.0. The number of ether oxygens (including phenoxy) is 1. The maximum Gasteiger partial charge on any atom is 0.223 e. The number of pyridine rings is 1. The molecule has 1 saturated heterocycles. The number of hydrogen-bond donors (Lipinski definition) is 0. The first kappa shape index (κ1) is 22.2. The Labute approximate surface area is 186 Å². The average Bonchev–Trinajstić information content (AvgIpc) is 2.84. The SMILES string of the molecule is COc1cccc(S(=O)(=O)c2ccc([C@@H](C)N3CCN(C4CCCCC4)CC3)cn2)c1. The van der Waals surface area contributed by atoms with E-state index in [1.54, 1.807) is 30.5 Å². The maximum absolute atomic E-state index is 12.9. The molecule has 2 aromatic rings. The molecule has 1 aromatic heterocycles. The smallest absolute Gasteiger partial charge is 0.223 e. The highest BCUT2D eigenvalue weighted by atomic mass is 32.2. The molecule has 2 fully saturated rings. The van der Waals surface area contributed by atoms with Gasteiger partial charge in [0, 0.05) is 44.5 Å². The number of benzene rings is 1. The summed E-state index contributed by atoms with van der Waals surface area (Å²) in [6.45, 7) is 6.50. The summed E-state index contributed by atoms with van der Waals surface area (Å²) in [7, 11) is -2.15. The van der Waals surface area contributed by atoms with Crippen LogP contribution in [0.3, 0.4) is 0 Å². The molecule has 0 unspecified atom stereocenters. The van der Waals surface area contributed by atoms with Crippen LogP contribution in [0.25, 0.3) is 0 Å². The van der Waals surface area contributed by atoms with Crippen LogP contribution in [-0.2, 0) is 9.84 Å². The molecule has 2 aliphatic rings. The van der Waals surface area contributed by atoms with Gasteiger partial charge in [-0.1, -0.05) is 31.4 Å². The van der Waals surface area contributed by atoms with Crippen molar-refractivity contribution >= 4 is 9.84 Å². The standard InChI is InChI=1S/C24H33N3O3S/c1-19(26-13-15-27(16-14-26)21-7-4-3-5-8-21)20-11-12-24(25-18-20)31(28,29)23-10-6-9-22(17-23)30-2/h6,9-12,17-19,21H,3-5,7-8,13-16H2,1-2H3/t19-/m1/s1. The number of rotatable bonds is 6. The van der Waals surface area contributed by atoms with E-state index in [0.717, 1.165) is 37.8 Å². The van der Waals surface area contributed by atoms with Gasteiger partial charge in [-0.15, -0.1) is 0 Å². The Hall–Kier alpha value is -1.96. The van der Waals surface area contributed by atoms with E-state index in [0.29, 0.717) is 5.75 Å². The highest BCUT2D eigenvalue weighted by Gasteiger charge is 2.28. The van der Waals surface area contributed by atoms with E-state index >= 15 is 0 Å². The van der Waals surface area contributed by atoms with E-state index < -0.39 is 9.84 Å². The van der Waals surface area contributed by atoms with E-state index in [2.05, 4.69) is 21.7 Å². The van der Waals surface area contributed by atoms with Gasteiger partial charge < -0.3 is 4.74 Å². The number of sulfone groups is 1. The van der Waals surface area contributed by atoms with Crippen LogP contribution in [0.15, 0.2) is 52.5 Å².